The third kappa shape index (κ3) is 2.42. The van der Waals surface area contributed by atoms with Crippen LogP contribution < -0.4 is 0 Å². The van der Waals surface area contributed by atoms with E-state index in [1.165, 1.54) is 0 Å². The average Bonchev–Trinajstić information content (AvgIpc) is 2.48. The van der Waals surface area contributed by atoms with E-state index in [9.17, 15) is 13.2 Å². The zero-order valence-electron chi connectivity index (χ0n) is 12.2. The molecule has 4 nitrogen and oxygen atoms in total. The number of sulfonamides is 1. The average molecular weight is 307 g/mol. The van der Waals surface area contributed by atoms with Crippen molar-refractivity contribution in [2.45, 2.75) is 56.0 Å². The van der Waals surface area contributed by atoms with Gasteiger partial charge in [-0.25, -0.2) is 8.42 Å². The summed E-state index contributed by atoms with van der Waals surface area (Å²) in [6.45, 7) is 1.98. The first kappa shape index (κ1) is 14.7. The lowest BCUT2D eigenvalue weighted by Gasteiger charge is -2.47. The highest BCUT2D eigenvalue weighted by Gasteiger charge is 2.48. The van der Waals surface area contributed by atoms with E-state index in [4.69, 9.17) is 0 Å². The number of carbonyl (C=O) groups is 1. The molecule has 3 rings (SSSR count). The summed E-state index contributed by atoms with van der Waals surface area (Å²) >= 11 is 0. The third-order valence-electron chi connectivity index (χ3n) is 4.80. The van der Waals surface area contributed by atoms with Crippen molar-refractivity contribution in [1.82, 2.24) is 4.31 Å². The predicted octanol–water partition coefficient (Wildman–Crippen LogP) is 2.60. The molecular weight excluding hydrogens is 286 g/mol. The number of benzene rings is 1. The standard InChI is InChI=1S/C16H21NO3S/c1-2-14-15-10-6-7-12(11-16(14)18)17(15)21(19,20)13-8-4-3-5-9-13/h3-5,8-9,12,14-15H,2,6-7,10-11H2,1H3/t12-,14+,15+/m0/s1. The van der Waals surface area contributed by atoms with E-state index in [0.717, 1.165) is 25.7 Å². The molecule has 1 aromatic rings. The molecule has 5 heteroatoms. The molecule has 2 heterocycles. The van der Waals surface area contributed by atoms with Crippen molar-refractivity contribution in [3.8, 4) is 0 Å². The number of rotatable bonds is 3. The fourth-order valence-corrected chi connectivity index (χ4v) is 5.77. The van der Waals surface area contributed by atoms with Crippen molar-refractivity contribution >= 4 is 15.8 Å². The number of ketones is 1. The second-order valence-electron chi connectivity index (χ2n) is 5.99. The maximum Gasteiger partial charge on any atom is 0.243 e. The molecule has 2 fully saturated rings. The Kier molecular flexibility index (Phi) is 3.88. The molecule has 2 aliphatic heterocycles. The van der Waals surface area contributed by atoms with Crippen molar-refractivity contribution in [2.24, 2.45) is 5.92 Å². The number of nitrogens with zero attached hydrogens (tertiary/aromatic N) is 1. The number of Topliss-reactive ketones (excluding diaryl/α,β-unsaturated/α-hetero) is 1. The second-order valence-corrected chi connectivity index (χ2v) is 7.83. The Morgan fingerprint density at radius 3 is 2.57 bits per heavy atom. The Morgan fingerprint density at radius 1 is 1.19 bits per heavy atom. The van der Waals surface area contributed by atoms with Crippen molar-refractivity contribution in [1.29, 1.82) is 0 Å². The fraction of sp³-hybridized carbons (Fsp3) is 0.562. The zero-order chi connectivity index (χ0) is 15.0. The Balaban J connectivity index is 2.02. The highest BCUT2D eigenvalue weighted by Crippen LogP contribution is 2.40. The van der Waals surface area contributed by atoms with Crippen LogP contribution >= 0.6 is 0 Å². The van der Waals surface area contributed by atoms with Crippen LogP contribution in [0, 0.1) is 5.92 Å². The van der Waals surface area contributed by atoms with Crippen LogP contribution in [0.25, 0.3) is 0 Å². The van der Waals surface area contributed by atoms with Crippen LogP contribution in [-0.4, -0.2) is 30.6 Å². The van der Waals surface area contributed by atoms with Crippen LogP contribution in [0.15, 0.2) is 35.2 Å². The molecule has 2 saturated heterocycles. The normalized spacial score (nSPS) is 30.3. The van der Waals surface area contributed by atoms with Gasteiger partial charge in [0.1, 0.15) is 5.78 Å². The number of carbonyl (C=O) groups excluding carboxylic acids is 1. The summed E-state index contributed by atoms with van der Waals surface area (Å²) in [5.74, 6) is 0.103. The van der Waals surface area contributed by atoms with Gasteiger partial charge in [-0.1, -0.05) is 31.5 Å². The van der Waals surface area contributed by atoms with Crippen molar-refractivity contribution in [2.75, 3.05) is 0 Å². The van der Waals surface area contributed by atoms with Crippen LogP contribution in [-0.2, 0) is 14.8 Å². The lowest BCUT2D eigenvalue weighted by molar-refractivity contribution is -0.130. The Bertz CT molecular complexity index is 626. The third-order valence-corrected chi connectivity index (χ3v) is 6.79. The highest BCUT2D eigenvalue weighted by atomic mass is 32.2. The minimum atomic E-state index is -3.51. The molecule has 3 atom stereocenters. The fourth-order valence-electron chi connectivity index (χ4n) is 3.85. The molecule has 2 aliphatic rings. The Labute approximate surface area is 126 Å². The van der Waals surface area contributed by atoms with Gasteiger partial charge in [0.15, 0.2) is 0 Å². The molecule has 0 radical (unpaired) electrons. The Morgan fingerprint density at radius 2 is 1.90 bits per heavy atom. The summed E-state index contributed by atoms with van der Waals surface area (Å²) in [5.41, 5.74) is 0. The molecule has 0 amide bonds. The van der Waals surface area contributed by atoms with Crippen molar-refractivity contribution in [3.05, 3.63) is 30.3 Å². The predicted molar refractivity (Wildman–Crippen MR) is 80.3 cm³/mol. The molecule has 2 bridgehead atoms. The lowest BCUT2D eigenvalue weighted by atomic mass is 9.77. The van der Waals surface area contributed by atoms with Crippen LogP contribution in [0.2, 0.25) is 0 Å². The first-order chi connectivity index (χ1) is 10.1. The molecule has 0 aromatic heterocycles. The smallest absolute Gasteiger partial charge is 0.243 e. The van der Waals surface area contributed by atoms with Crippen LogP contribution in [0.5, 0.6) is 0 Å². The molecule has 1 aromatic carbocycles. The minimum absolute atomic E-state index is 0.139. The van der Waals surface area contributed by atoms with Gasteiger partial charge in [0.05, 0.1) is 4.90 Å². The molecule has 21 heavy (non-hydrogen) atoms. The molecule has 0 N–H and O–H groups in total. The van der Waals surface area contributed by atoms with Gasteiger partial charge < -0.3 is 0 Å². The number of hydrogen-bond donors (Lipinski definition) is 0. The second kappa shape index (κ2) is 5.54. The summed E-state index contributed by atoms with van der Waals surface area (Å²) in [6, 6.07) is 8.29. The van der Waals surface area contributed by atoms with Gasteiger partial charge in [0, 0.05) is 24.4 Å². The molecule has 0 spiro atoms. The summed E-state index contributed by atoms with van der Waals surface area (Å²) in [6.07, 6.45) is 3.70. The van der Waals surface area contributed by atoms with Gasteiger partial charge in [-0.2, -0.15) is 4.31 Å². The first-order valence-electron chi connectivity index (χ1n) is 7.67. The van der Waals surface area contributed by atoms with Gasteiger partial charge in [0.2, 0.25) is 10.0 Å². The van der Waals surface area contributed by atoms with Crippen LogP contribution in [0.3, 0.4) is 0 Å². The van der Waals surface area contributed by atoms with Gasteiger partial charge in [-0.15, -0.1) is 0 Å². The quantitative estimate of drug-likeness (QED) is 0.862. The lowest BCUT2D eigenvalue weighted by Crippen LogP contribution is -2.58. The topological polar surface area (TPSA) is 54.5 Å². The van der Waals surface area contributed by atoms with E-state index < -0.39 is 10.0 Å². The largest absolute Gasteiger partial charge is 0.299 e. The van der Waals surface area contributed by atoms with Gasteiger partial charge >= 0.3 is 0 Å². The van der Waals surface area contributed by atoms with E-state index in [2.05, 4.69) is 0 Å². The van der Waals surface area contributed by atoms with Crippen LogP contribution in [0.4, 0.5) is 0 Å². The van der Waals surface area contributed by atoms with E-state index in [1.807, 2.05) is 13.0 Å². The molecular formula is C16H21NO3S. The van der Waals surface area contributed by atoms with E-state index in [0.29, 0.717) is 11.3 Å². The number of hydrogen-bond acceptors (Lipinski definition) is 3. The number of piperidine rings is 2. The highest BCUT2D eigenvalue weighted by molar-refractivity contribution is 7.89. The summed E-state index contributed by atoms with van der Waals surface area (Å²) in [5, 5.41) is 0. The SMILES string of the molecule is CC[C@H]1C(=O)C[C@@H]2CCC[C@H]1N2S(=O)(=O)c1ccccc1. The van der Waals surface area contributed by atoms with E-state index in [1.54, 1.807) is 28.6 Å². The summed E-state index contributed by atoms with van der Waals surface area (Å²) in [7, 11) is -3.51. The molecule has 0 unspecified atom stereocenters. The summed E-state index contributed by atoms with van der Waals surface area (Å²) in [4.78, 5) is 12.6. The van der Waals surface area contributed by atoms with E-state index >= 15 is 0 Å². The molecule has 114 valence electrons. The first-order valence-corrected chi connectivity index (χ1v) is 9.11. The van der Waals surface area contributed by atoms with E-state index in [-0.39, 0.29) is 23.8 Å². The molecule has 0 saturated carbocycles. The van der Waals surface area contributed by atoms with Gasteiger partial charge in [0.25, 0.3) is 0 Å². The maximum absolute atomic E-state index is 13.0. The minimum Gasteiger partial charge on any atom is -0.299 e. The van der Waals surface area contributed by atoms with Crippen molar-refractivity contribution in [3.63, 3.8) is 0 Å². The Hall–Kier alpha value is -1.20. The maximum atomic E-state index is 13.0. The van der Waals surface area contributed by atoms with Crippen molar-refractivity contribution < 1.29 is 13.2 Å². The molecule has 0 aliphatic carbocycles. The summed E-state index contributed by atoms with van der Waals surface area (Å²) < 4.78 is 27.6. The monoisotopic (exact) mass is 307 g/mol. The van der Waals surface area contributed by atoms with Gasteiger partial charge in [-0.05, 0) is 31.4 Å². The van der Waals surface area contributed by atoms with Crippen LogP contribution in [0.1, 0.15) is 39.0 Å². The number of fused-ring (bicyclic) bond motifs is 2. The van der Waals surface area contributed by atoms with Gasteiger partial charge in [-0.3, -0.25) is 4.79 Å². The zero-order valence-corrected chi connectivity index (χ0v) is 13.1.